The third kappa shape index (κ3) is 6.98. The molecule has 29 heavy (non-hydrogen) atoms. The lowest BCUT2D eigenvalue weighted by Crippen LogP contribution is -2.32. The van der Waals surface area contributed by atoms with Crippen LogP contribution in [-0.2, 0) is 17.5 Å². The Hall–Kier alpha value is -2.74. The molecule has 2 aromatic carbocycles. The van der Waals surface area contributed by atoms with E-state index in [-0.39, 0.29) is 17.8 Å². The molecule has 0 saturated heterocycles. The van der Waals surface area contributed by atoms with Gasteiger partial charge in [-0.15, -0.1) is 0 Å². The third-order valence-corrected chi connectivity index (χ3v) is 3.91. The number of benzene rings is 2. The van der Waals surface area contributed by atoms with Gasteiger partial charge in [0.25, 0.3) is 5.91 Å². The molecule has 0 aliphatic heterocycles. The molecule has 9 heteroatoms. The molecule has 5 nitrogen and oxygen atoms in total. The van der Waals surface area contributed by atoms with Crippen molar-refractivity contribution in [1.29, 1.82) is 0 Å². The molecule has 0 radical (unpaired) electrons. The molecule has 2 N–H and O–H groups in total. The van der Waals surface area contributed by atoms with Crippen molar-refractivity contribution < 1.29 is 27.5 Å². The number of rotatable bonds is 4. The fourth-order valence-electron chi connectivity index (χ4n) is 2.29. The first kappa shape index (κ1) is 22.5. The fourth-order valence-corrected chi connectivity index (χ4v) is 2.51. The third-order valence-electron chi connectivity index (χ3n) is 3.58. The van der Waals surface area contributed by atoms with Crippen molar-refractivity contribution in [2.75, 3.05) is 5.32 Å². The largest absolute Gasteiger partial charge is 0.444 e. The van der Waals surface area contributed by atoms with Gasteiger partial charge in [-0.1, -0.05) is 23.7 Å². The minimum absolute atomic E-state index is 0.0256. The summed E-state index contributed by atoms with van der Waals surface area (Å²) in [6.45, 7) is 5.44. The van der Waals surface area contributed by atoms with Gasteiger partial charge in [0.1, 0.15) is 5.60 Å². The normalized spacial score (nSPS) is 11.7. The topological polar surface area (TPSA) is 67.4 Å². The van der Waals surface area contributed by atoms with Gasteiger partial charge in [-0.25, -0.2) is 4.79 Å². The van der Waals surface area contributed by atoms with Gasteiger partial charge in [0.2, 0.25) is 0 Å². The van der Waals surface area contributed by atoms with E-state index in [1.807, 2.05) is 0 Å². The molecular weight excluding hydrogens is 409 g/mol. The zero-order valence-electron chi connectivity index (χ0n) is 16.0. The minimum Gasteiger partial charge on any atom is -0.444 e. The summed E-state index contributed by atoms with van der Waals surface area (Å²) in [6.07, 6.45) is -5.19. The van der Waals surface area contributed by atoms with E-state index >= 15 is 0 Å². The molecule has 0 aliphatic carbocycles. The second-order valence-electron chi connectivity index (χ2n) is 7.20. The Kier molecular flexibility index (Phi) is 6.79. The SMILES string of the molecule is CC(C)(C)OC(=O)NCc1ccc(C(=O)Nc2ccc(Cl)c(C(F)(F)F)c2)cc1. The van der Waals surface area contributed by atoms with Gasteiger partial charge in [0.05, 0.1) is 10.6 Å². The molecule has 2 rings (SSSR count). The Balaban J connectivity index is 2.00. The Morgan fingerprint density at radius 2 is 1.66 bits per heavy atom. The van der Waals surface area contributed by atoms with Crippen LogP contribution in [-0.4, -0.2) is 17.6 Å². The first-order chi connectivity index (χ1) is 13.3. The van der Waals surface area contributed by atoms with Crippen molar-refractivity contribution >= 4 is 29.3 Å². The molecule has 0 saturated carbocycles. The van der Waals surface area contributed by atoms with Crippen molar-refractivity contribution in [2.45, 2.75) is 39.1 Å². The molecule has 156 valence electrons. The van der Waals surface area contributed by atoms with Crippen LogP contribution >= 0.6 is 11.6 Å². The standard InChI is InChI=1S/C20H20ClF3N2O3/c1-19(2,3)29-18(28)25-11-12-4-6-13(7-5-12)17(27)26-14-8-9-16(21)15(10-14)20(22,23)24/h4-10H,11H2,1-3H3,(H,25,28)(H,26,27). The number of nitrogens with one attached hydrogen (secondary N) is 2. The summed E-state index contributed by atoms with van der Waals surface area (Å²) < 4.78 is 43.9. The van der Waals surface area contributed by atoms with Gasteiger partial charge < -0.3 is 15.4 Å². The summed E-state index contributed by atoms with van der Waals surface area (Å²) in [6, 6.07) is 9.38. The predicted molar refractivity (Wildman–Crippen MR) is 104 cm³/mol. The van der Waals surface area contributed by atoms with Gasteiger partial charge in [-0.3, -0.25) is 4.79 Å². The van der Waals surface area contributed by atoms with Gasteiger partial charge in [0.15, 0.2) is 0 Å². The number of halogens is 4. The highest BCUT2D eigenvalue weighted by Crippen LogP contribution is 2.36. The fraction of sp³-hybridized carbons (Fsp3) is 0.300. The number of alkyl carbamates (subject to hydrolysis) is 1. The van der Waals surface area contributed by atoms with Crippen LogP contribution in [0.25, 0.3) is 0 Å². The van der Waals surface area contributed by atoms with Crippen LogP contribution in [0.3, 0.4) is 0 Å². The lowest BCUT2D eigenvalue weighted by atomic mass is 10.1. The second kappa shape index (κ2) is 8.73. The number of amides is 2. The van der Waals surface area contributed by atoms with E-state index in [1.165, 1.54) is 18.2 Å². The van der Waals surface area contributed by atoms with Crippen molar-refractivity contribution in [3.05, 3.63) is 64.2 Å². The van der Waals surface area contributed by atoms with Crippen molar-refractivity contribution in [2.24, 2.45) is 0 Å². The number of anilines is 1. The predicted octanol–water partition coefficient (Wildman–Crippen LogP) is 5.64. The monoisotopic (exact) mass is 428 g/mol. The van der Waals surface area contributed by atoms with Gasteiger partial charge >= 0.3 is 12.3 Å². The van der Waals surface area contributed by atoms with Crippen LogP contribution in [0.15, 0.2) is 42.5 Å². The number of ether oxygens (including phenoxy) is 1. The Bertz CT molecular complexity index is 891. The average Bonchev–Trinajstić information content (AvgIpc) is 2.59. The Morgan fingerprint density at radius 1 is 1.03 bits per heavy atom. The first-order valence-electron chi connectivity index (χ1n) is 8.59. The van der Waals surface area contributed by atoms with E-state index in [0.717, 1.165) is 17.7 Å². The Morgan fingerprint density at radius 3 is 2.21 bits per heavy atom. The molecule has 0 aliphatic rings. The number of carbonyl (C=O) groups excluding carboxylic acids is 2. The molecule has 0 aromatic heterocycles. The van der Waals surface area contributed by atoms with E-state index in [9.17, 15) is 22.8 Å². The van der Waals surface area contributed by atoms with Gasteiger partial charge in [-0.05, 0) is 56.7 Å². The summed E-state index contributed by atoms with van der Waals surface area (Å²) in [5.74, 6) is -0.577. The van der Waals surface area contributed by atoms with Crippen molar-refractivity contribution in [3.8, 4) is 0 Å². The van der Waals surface area contributed by atoms with E-state index < -0.39 is 34.4 Å². The maximum Gasteiger partial charge on any atom is 0.417 e. The highest BCUT2D eigenvalue weighted by atomic mass is 35.5. The van der Waals surface area contributed by atoms with Crippen LogP contribution in [0.5, 0.6) is 0 Å². The maximum absolute atomic E-state index is 12.9. The van der Waals surface area contributed by atoms with Crippen LogP contribution in [0.2, 0.25) is 5.02 Å². The molecule has 2 amide bonds. The summed E-state index contributed by atoms with van der Waals surface area (Å²) in [5.41, 5.74) is -0.699. The van der Waals surface area contributed by atoms with E-state index in [0.29, 0.717) is 0 Å². The molecule has 0 heterocycles. The highest BCUT2D eigenvalue weighted by Gasteiger charge is 2.33. The highest BCUT2D eigenvalue weighted by molar-refractivity contribution is 6.31. The zero-order valence-corrected chi connectivity index (χ0v) is 16.7. The average molecular weight is 429 g/mol. The molecule has 2 aromatic rings. The van der Waals surface area contributed by atoms with Crippen LogP contribution in [0, 0.1) is 0 Å². The van der Waals surface area contributed by atoms with Gasteiger partial charge in [0, 0.05) is 17.8 Å². The molecule has 0 unspecified atom stereocenters. The molecule has 0 fully saturated rings. The quantitative estimate of drug-likeness (QED) is 0.662. The van der Waals surface area contributed by atoms with Crippen molar-refractivity contribution in [3.63, 3.8) is 0 Å². The smallest absolute Gasteiger partial charge is 0.417 e. The molecule has 0 bridgehead atoms. The molecule has 0 spiro atoms. The number of carbonyl (C=O) groups is 2. The summed E-state index contributed by atoms with van der Waals surface area (Å²) in [5, 5.41) is 4.55. The lowest BCUT2D eigenvalue weighted by Gasteiger charge is -2.19. The van der Waals surface area contributed by atoms with Crippen molar-refractivity contribution in [1.82, 2.24) is 5.32 Å². The molecule has 0 atom stereocenters. The van der Waals surface area contributed by atoms with Gasteiger partial charge in [-0.2, -0.15) is 13.2 Å². The summed E-state index contributed by atoms with van der Waals surface area (Å²) in [7, 11) is 0. The number of hydrogen-bond acceptors (Lipinski definition) is 3. The lowest BCUT2D eigenvalue weighted by molar-refractivity contribution is -0.137. The molecular formula is C20H20ClF3N2O3. The minimum atomic E-state index is -4.62. The number of hydrogen-bond donors (Lipinski definition) is 2. The number of alkyl halides is 3. The maximum atomic E-state index is 12.9. The summed E-state index contributed by atoms with van der Waals surface area (Å²) in [4.78, 5) is 23.9. The van der Waals surface area contributed by atoms with Crippen LogP contribution < -0.4 is 10.6 Å². The van der Waals surface area contributed by atoms with E-state index in [2.05, 4.69) is 10.6 Å². The van der Waals surface area contributed by atoms with Crippen LogP contribution in [0.1, 0.15) is 42.3 Å². The Labute approximate surface area is 171 Å². The zero-order chi connectivity index (χ0) is 21.8. The van der Waals surface area contributed by atoms with Crippen LogP contribution in [0.4, 0.5) is 23.7 Å². The first-order valence-corrected chi connectivity index (χ1v) is 8.97. The second-order valence-corrected chi connectivity index (χ2v) is 7.61. The summed E-state index contributed by atoms with van der Waals surface area (Å²) >= 11 is 5.57. The van der Waals surface area contributed by atoms with E-state index in [4.69, 9.17) is 16.3 Å². The van der Waals surface area contributed by atoms with E-state index in [1.54, 1.807) is 32.9 Å².